The van der Waals surface area contributed by atoms with Gasteiger partial charge in [-0.3, -0.25) is 4.57 Å². The monoisotopic (exact) mass is 156 g/mol. The van der Waals surface area contributed by atoms with Gasteiger partial charge in [0.05, 0.1) is 0 Å². The molecule has 0 unspecified atom stereocenters. The Hall–Kier alpha value is -0.770. The Bertz CT molecular complexity index is 258. The lowest BCUT2D eigenvalue weighted by Gasteiger charge is -1.98. The topological polar surface area (TPSA) is 34.9 Å². The Morgan fingerprint density at radius 2 is 2.50 bits per heavy atom. The molecule has 0 aromatic carbocycles. The van der Waals surface area contributed by atoms with Gasteiger partial charge in [0.15, 0.2) is 0 Å². The standard InChI is InChI=1S/C6H8N2OS/c9-6-7-2-1-3-8(6)4-5-10/h1-3,10H,4-5H2. The van der Waals surface area contributed by atoms with Gasteiger partial charge in [0, 0.05) is 24.7 Å². The summed E-state index contributed by atoms with van der Waals surface area (Å²) in [5.74, 6) is 0.658. The van der Waals surface area contributed by atoms with Crippen LogP contribution < -0.4 is 5.69 Å². The fraction of sp³-hybridized carbons (Fsp3) is 0.333. The first-order chi connectivity index (χ1) is 4.84. The van der Waals surface area contributed by atoms with Crippen LogP contribution in [0.2, 0.25) is 0 Å². The first kappa shape index (κ1) is 7.34. The number of thiol groups is 1. The Morgan fingerprint density at radius 1 is 1.70 bits per heavy atom. The van der Waals surface area contributed by atoms with E-state index in [0.717, 1.165) is 0 Å². The number of aromatic nitrogens is 2. The van der Waals surface area contributed by atoms with Crippen molar-refractivity contribution in [3.05, 3.63) is 28.9 Å². The molecule has 3 nitrogen and oxygen atoms in total. The van der Waals surface area contributed by atoms with Crippen LogP contribution in [0.5, 0.6) is 0 Å². The normalized spacial score (nSPS) is 9.70. The van der Waals surface area contributed by atoms with Gasteiger partial charge < -0.3 is 0 Å². The minimum Gasteiger partial charge on any atom is -0.298 e. The largest absolute Gasteiger partial charge is 0.347 e. The van der Waals surface area contributed by atoms with Crippen LogP contribution in [0.3, 0.4) is 0 Å². The van der Waals surface area contributed by atoms with Crippen molar-refractivity contribution in [1.29, 1.82) is 0 Å². The Balaban J connectivity index is 2.92. The molecule has 0 amide bonds. The molecule has 0 atom stereocenters. The molecule has 0 bridgehead atoms. The van der Waals surface area contributed by atoms with E-state index < -0.39 is 0 Å². The molecule has 54 valence electrons. The highest BCUT2D eigenvalue weighted by atomic mass is 32.1. The van der Waals surface area contributed by atoms with E-state index >= 15 is 0 Å². The minimum atomic E-state index is -0.212. The predicted octanol–water partition coefficient (Wildman–Crippen LogP) is 0.173. The second-order valence-corrected chi connectivity index (χ2v) is 2.27. The summed E-state index contributed by atoms with van der Waals surface area (Å²) in [6.45, 7) is 0.621. The maximum absolute atomic E-state index is 10.8. The third-order valence-electron chi connectivity index (χ3n) is 1.12. The molecule has 0 saturated heterocycles. The molecule has 0 N–H and O–H groups in total. The van der Waals surface area contributed by atoms with E-state index in [2.05, 4.69) is 17.6 Å². The van der Waals surface area contributed by atoms with E-state index in [1.807, 2.05) is 0 Å². The van der Waals surface area contributed by atoms with Gasteiger partial charge in [0.25, 0.3) is 0 Å². The van der Waals surface area contributed by atoms with Crippen LogP contribution in [0.4, 0.5) is 0 Å². The first-order valence-electron chi connectivity index (χ1n) is 2.97. The highest BCUT2D eigenvalue weighted by molar-refractivity contribution is 7.80. The van der Waals surface area contributed by atoms with E-state index in [9.17, 15) is 4.79 Å². The van der Waals surface area contributed by atoms with Gasteiger partial charge in [-0.25, -0.2) is 9.78 Å². The number of rotatable bonds is 2. The lowest BCUT2D eigenvalue weighted by Crippen LogP contribution is -2.21. The van der Waals surface area contributed by atoms with Crippen molar-refractivity contribution in [1.82, 2.24) is 9.55 Å². The smallest absolute Gasteiger partial charge is 0.298 e. The van der Waals surface area contributed by atoms with Crippen LogP contribution in [0.1, 0.15) is 0 Å². The van der Waals surface area contributed by atoms with Gasteiger partial charge in [-0.15, -0.1) is 0 Å². The average molecular weight is 156 g/mol. The average Bonchev–Trinajstić information content (AvgIpc) is 1.94. The maximum atomic E-state index is 10.8. The third-order valence-corrected chi connectivity index (χ3v) is 1.32. The van der Waals surface area contributed by atoms with Crippen molar-refractivity contribution in [2.45, 2.75) is 6.54 Å². The lowest BCUT2D eigenvalue weighted by atomic mass is 10.6. The summed E-state index contributed by atoms with van der Waals surface area (Å²) in [4.78, 5) is 14.4. The van der Waals surface area contributed by atoms with Crippen molar-refractivity contribution in [3.8, 4) is 0 Å². The predicted molar refractivity (Wildman–Crippen MR) is 42.4 cm³/mol. The zero-order valence-electron chi connectivity index (χ0n) is 5.40. The molecular weight excluding hydrogens is 148 g/mol. The van der Waals surface area contributed by atoms with E-state index in [1.54, 1.807) is 12.3 Å². The van der Waals surface area contributed by atoms with Gasteiger partial charge in [0.2, 0.25) is 0 Å². The maximum Gasteiger partial charge on any atom is 0.347 e. The Morgan fingerprint density at radius 3 is 3.10 bits per heavy atom. The summed E-state index contributed by atoms with van der Waals surface area (Å²) in [6.07, 6.45) is 3.18. The molecule has 0 aliphatic carbocycles. The molecule has 1 rings (SSSR count). The molecule has 1 heterocycles. The van der Waals surface area contributed by atoms with Crippen molar-refractivity contribution < 1.29 is 0 Å². The molecular formula is C6H8N2OS. The lowest BCUT2D eigenvalue weighted by molar-refractivity contribution is 0.707. The van der Waals surface area contributed by atoms with Crippen molar-refractivity contribution in [3.63, 3.8) is 0 Å². The number of aryl methyl sites for hydroxylation is 1. The molecule has 0 radical (unpaired) electrons. The molecule has 10 heavy (non-hydrogen) atoms. The van der Waals surface area contributed by atoms with Crippen LogP contribution in [-0.2, 0) is 6.54 Å². The molecule has 0 fully saturated rings. The summed E-state index contributed by atoms with van der Waals surface area (Å²) in [5, 5.41) is 0. The summed E-state index contributed by atoms with van der Waals surface area (Å²) in [5.41, 5.74) is -0.212. The summed E-state index contributed by atoms with van der Waals surface area (Å²) in [7, 11) is 0. The second-order valence-electron chi connectivity index (χ2n) is 1.82. The van der Waals surface area contributed by atoms with E-state index in [-0.39, 0.29) is 5.69 Å². The van der Waals surface area contributed by atoms with E-state index in [0.29, 0.717) is 12.3 Å². The van der Waals surface area contributed by atoms with Crippen molar-refractivity contribution in [2.24, 2.45) is 0 Å². The van der Waals surface area contributed by atoms with Crippen molar-refractivity contribution in [2.75, 3.05) is 5.75 Å². The first-order valence-corrected chi connectivity index (χ1v) is 3.60. The molecule has 0 aliphatic rings. The quantitative estimate of drug-likeness (QED) is 0.620. The Kier molecular flexibility index (Phi) is 2.50. The van der Waals surface area contributed by atoms with Gasteiger partial charge >= 0.3 is 5.69 Å². The third kappa shape index (κ3) is 1.60. The van der Waals surface area contributed by atoms with Gasteiger partial charge in [0.1, 0.15) is 0 Å². The van der Waals surface area contributed by atoms with Crippen LogP contribution in [-0.4, -0.2) is 15.3 Å². The Labute approximate surface area is 64.1 Å². The fourth-order valence-electron chi connectivity index (χ4n) is 0.665. The number of hydrogen-bond acceptors (Lipinski definition) is 3. The van der Waals surface area contributed by atoms with Gasteiger partial charge in [-0.2, -0.15) is 12.6 Å². The fourth-order valence-corrected chi connectivity index (χ4v) is 0.880. The van der Waals surface area contributed by atoms with Crippen molar-refractivity contribution >= 4 is 12.6 Å². The zero-order chi connectivity index (χ0) is 7.40. The zero-order valence-corrected chi connectivity index (χ0v) is 6.29. The van der Waals surface area contributed by atoms with Crippen LogP contribution in [0.15, 0.2) is 23.3 Å². The van der Waals surface area contributed by atoms with Crippen LogP contribution in [0, 0.1) is 0 Å². The molecule has 1 aromatic heterocycles. The molecule has 4 heteroatoms. The highest BCUT2D eigenvalue weighted by Crippen LogP contribution is 1.80. The SMILES string of the molecule is O=c1ncccn1CCS. The highest BCUT2D eigenvalue weighted by Gasteiger charge is 1.89. The number of nitrogens with zero attached hydrogens (tertiary/aromatic N) is 2. The van der Waals surface area contributed by atoms with Gasteiger partial charge in [-0.05, 0) is 6.07 Å². The van der Waals surface area contributed by atoms with E-state index in [1.165, 1.54) is 10.8 Å². The number of hydrogen-bond donors (Lipinski definition) is 1. The summed E-state index contributed by atoms with van der Waals surface area (Å²) in [6, 6.07) is 1.73. The summed E-state index contributed by atoms with van der Waals surface area (Å²) >= 11 is 3.99. The molecule has 0 saturated carbocycles. The van der Waals surface area contributed by atoms with Gasteiger partial charge in [-0.1, -0.05) is 0 Å². The minimum absolute atomic E-state index is 0.212. The summed E-state index contributed by atoms with van der Waals surface area (Å²) < 4.78 is 1.52. The second kappa shape index (κ2) is 3.41. The van der Waals surface area contributed by atoms with Crippen LogP contribution >= 0.6 is 12.6 Å². The molecule has 1 aromatic rings. The van der Waals surface area contributed by atoms with Crippen LogP contribution in [0.25, 0.3) is 0 Å². The molecule has 0 aliphatic heterocycles. The van der Waals surface area contributed by atoms with E-state index in [4.69, 9.17) is 0 Å². The molecule has 0 spiro atoms.